The van der Waals surface area contributed by atoms with E-state index in [0.717, 1.165) is 0 Å². The first-order valence-electron chi connectivity index (χ1n) is 17.7. The maximum absolute atomic E-state index is 2.56. The van der Waals surface area contributed by atoms with Crippen LogP contribution in [0.25, 0.3) is 42.4 Å². The van der Waals surface area contributed by atoms with Crippen molar-refractivity contribution in [3.05, 3.63) is 150 Å². The van der Waals surface area contributed by atoms with Crippen molar-refractivity contribution >= 4 is 48.6 Å². The van der Waals surface area contributed by atoms with E-state index in [1.165, 1.54) is 94.6 Å². The lowest BCUT2D eigenvalue weighted by Crippen LogP contribution is -2.34. The summed E-state index contributed by atoms with van der Waals surface area (Å²) < 4.78 is 2.64. The van der Waals surface area contributed by atoms with E-state index in [1.807, 2.05) is 11.3 Å². The first-order valence-corrected chi connectivity index (χ1v) is 18.6. The number of benzene rings is 6. The molecule has 1 aromatic heterocycles. The quantitative estimate of drug-likeness (QED) is 0.183. The Labute approximate surface area is 294 Å². The van der Waals surface area contributed by atoms with Gasteiger partial charge in [-0.25, -0.2) is 0 Å². The Kier molecular flexibility index (Phi) is 6.62. The predicted octanol–water partition coefficient (Wildman–Crippen LogP) is 13.8. The highest BCUT2D eigenvalue weighted by Gasteiger charge is 2.41. The SMILES string of the molecule is CC1(C)CCC(C)(C)c2c(-c3cc4c(cc3N(c3ccccc3)c3cccc5c3sc3ccccc35)C(C)(C)c3ccccc3-4)cccc21. The summed E-state index contributed by atoms with van der Waals surface area (Å²) in [7, 11) is 0. The Morgan fingerprint density at radius 1 is 0.490 bits per heavy atom. The van der Waals surface area contributed by atoms with Gasteiger partial charge in [0.2, 0.25) is 0 Å². The third-order valence-electron chi connectivity index (χ3n) is 11.7. The molecular weight excluding hydrogens is 611 g/mol. The van der Waals surface area contributed by atoms with Crippen LogP contribution in [0.3, 0.4) is 0 Å². The van der Waals surface area contributed by atoms with Crippen molar-refractivity contribution < 1.29 is 0 Å². The summed E-state index contributed by atoms with van der Waals surface area (Å²) in [5, 5.41) is 2.64. The molecule has 0 N–H and O–H groups in total. The Bertz CT molecular complexity index is 2420. The van der Waals surface area contributed by atoms with Crippen LogP contribution in [0.4, 0.5) is 17.1 Å². The molecule has 9 rings (SSSR count). The van der Waals surface area contributed by atoms with Crippen molar-refractivity contribution in [2.24, 2.45) is 0 Å². The normalized spacial score (nSPS) is 16.7. The van der Waals surface area contributed by atoms with Crippen molar-refractivity contribution in [2.75, 3.05) is 4.90 Å². The minimum Gasteiger partial charge on any atom is -0.308 e. The van der Waals surface area contributed by atoms with E-state index in [1.54, 1.807) is 0 Å². The number of hydrogen-bond acceptors (Lipinski definition) is 2. The van der Waals surface area contributed by atoms with E-state index in [-0.39, 0.29) is 16.2 Å². The number of rotatable bonds is 4. The topological polar surface area (TPSA) is 3.24 Å². The Morgan fingerprint density at radius 3 is 1.98 bits per heavy atom. The molecule has 0 spiro atoms. The van der Waals surface area contributed by atoms with Gasteiger partial charge in [-0.05, 0) is 99.0 Å². The first kappa shape index (κ1) is 30.4. The summed E-state index contributed by atoms with van der Waals surface area (Å²) in [5.74, 6) is 0. The van der Waals surface area contributed by atoms with Gasteiger partial charge in [-0.1, -0.05) is 133 Å². The maximum atomic E-state index is 2.56. The van der Waals surface area contributed by atoms with Crippen molar-refractivity contribution in [1.29, 1.82) is 0 Å². The van der Waals surface area contributed by atoms with Gasteiger partial charge in [0.25, 0.3) is 0 Å². The molecule has 2 aliphatic rings. The lowest BCUT2D eigenvalue weighted by atomic mass is 9.61. The average Bonchev–Trinajstić information content (AvgIpc) is 3.60. The van der Waals surface area contributed by atoms with Gasteiger partial charge in [0.05, 0.1) is 16.1 Å². The Balaban J connectivity index is 1.42. The molecule has 0 atom stereocenters. The lowest BCUT2D eigenvalue weighted by molar-refractivity contribution is 0.333. The van der Waals surface area contributed by atoms with Crippen LogP contribution in [0.1, 0.15) is 76.6 Å². The number of anilines is 3. The molecule has 0 amide bonds. The predicted molar refractivity (Wildman–Crippen MR) is 212 cm³/mol. The van der Waals surface area contributed by atoms with Crippen LogP contribution in [-0.4, -0.2) is 0 Å². The third kappa shape index (κ3) is 4.50. The zero-order valence-electron chi connectivity index (χ0n) is 29.4. The molecule has 2 aliphatic carbocycles. The molecule has 0 saturated heterocycles. The third-order valence-corrected chi connectivity index (χ3v) is 12.9. The molecule has 7 aromatic rings. The van der Waals surface area contributed by atoms with Gasteiger partial charge in [-0.3, -0.25) is 0 Å². The van der Waals surface area contributed by atoms with E-state index in [4.69, 9.17) is 0 Å². The van der Waals surface area contributed by atoms with Crippen molar-refractivity contribution in [1.82, 2.24) is 0 Å². The summed E-state index contributed by atoms with van der Waals surface area (Å²) in [4.78, 5) is 2.56. The summed E-state index contributed by atoms with van der Waals surface area (Å²) in [6.45, 7) is 14.6. The fourth-order valence-corrected chi connectivity index (χ4v) is 10.2. The van der Waals surface area contributed by atoms with Gasteiger partial charge in [-0.15, -0.1) is 11.3 Å². The average molecular weight is 654 g/mol. The monoisotopic (exact) mass is 653 g/mol. The molecule has 0 fully saturated rings. The highest BCUT2D eigenvalue weighted by atomic mass is 32.1. The second kappa shape index (κ2) is 10.7. The molecule has 1 heterocycles. The van der Waals surface area contributed by atoms with Gasteiger partial charge >= 0.3 is 0 Å². The summed E-state index contributed by atoms with van der Waals surface area (Å²) in [6.07, 6.45) is 2.36. The lowest BCUT2D eigenvalue weighted by Gasteiger charge is -2.43. The fraction of sp³-hybridized carbons (Fsp3) is 0.234. The van der Waals surface area contributed by atoms with E-state index >= 15 is 0 Å². The highest BCUT2D eigenvalue weighted by Crippen LogP contribution is 2.57. The molecule has 6 aromatic carbocycles. The van der Waals surface area contributed by atoms with Gasteiger partial charge in [0, 0.05) is 32.1 Å². The number of para-hydroxylation sites is 1. The van der Waals surface area contributed by atoms with Crippen molar-refractivity contribution in [3.63, 3.8) is 0 Å². The summed E-state index contributed by atoms with van der Waals surface area (Å²) in [5.41, 5.74) is 14.9. The van der Waals surface area contributed by atoms with Gasteiger partial charge in [-0.2, -0.15) is 0 Å². The van der Waals surface area contributed by atoms with E-state index in [2.05, 4.69) is 174 Å². The van der Waals surface area contributed by atoms with Crippen LogP contribution in [0.5, 0.6) is 0 Å². The molecule has 2 heteroatoms. The van der Waals surface area contributed by atoms with E-state index in [0.29, 0.717) is 0 Å². The van der Waals surface area contributed by atoms with Crippen LogP contribution in [0, 0.1) is 0 Å². The van der Waals surface area contributed by atoms with Crippen LogP contribution in [0.15, 0.2) is 127 Å². The Hall–Kier alpha value is -4.66. The molecule has 1 nitrogen and oxygen atoms in total. The highest BCUT2D eigenvalue weighted by molar-refractivity contribution is 7.26. The Morgan fingerprint density at radius 2 is 1.14 bits per heavy atom. The second-order valence-corrected chi connectivity index (χ2v) is 17.1. The van der Waals surface area contributed by atoms with Crippen molar-refractivity contribution in [3.8, 4) is 22.3 Å². The van der Waals surface area contributed by atoms with Crippen LogP contribution in [0.2, 0.25) is 0 Å². The minimum absolute atomic E-state index is 0.0535. The van der Waals surface area contributed by atoms with Crippen LogP contribution in [-0.2, 0) is 16.2 Å². The number of fused-ring (bicyclic) bond motifs is 7. The van der Waals surface area contributed by atoms with Gasteiger partial charge in [0.1, 0.15) is 0 Å². The fourth-order valence-electron chi connectivity index (χ4n) is 8.98. The number of nitrogens with zero attached hydrogens (tertiary/aromatic N) is 1. The van der Waals surface area contributed by atoms with Crippen molar-refractivity contribution in [2.45, 2.75) is 70.6 Å². The standard InChI is InChI=1S/C47H43NS/c1-45(2)26-27-46(3,4)43-33(20-14-23-38(43)45)36-28-35-31-18-10-12-22-37(31)47(5,6)39(35)29-41(36)48(30-16-8-7-9-17-30)40-24-15-21-34-32-19-11-13-25-42(32)49-44(34)40/h7-25,28-29H,26-27H2,1-6H3. The summed E-state index contributed by atoms with van der Waals surface area (Å²) in [6, 6.07) is 48.0. The molecule has 0 aliphatic heterocycles. The van der Waals surface area contributed by atoms with Gasteiger partial charge < -0.3 is 4.90 Å². The minimum atomic E-state index is -0.122. The van der Waals surface area contributed by atoms with Crippen LogP contribution < -0.4 is 4.90 Å². The maximum Gasteiger partial charge on any atom is 0.0640 e. The number of hydrogen-bond donors (Lipinski definition) is 0. The molecule has 242 valence electrons. The molecule has 0 bridgehead atoms. The molecule has 0 saturated carbocycles. The molecular formula is C47H43NS. The molecule has 49 heavy (non-hydrogen) atoms. The second-order valence-electron chi connectivity index (χ2n) is 16.0. The number of thiophene rings is 1. The van der Waals surface area contributed by atoms with Gasteiger partial charge in [0.15, 0.2) is 0 Å². The largest absolute Gasteiger partial charge is 0.308 e. The van der Waals surface area contributed by atoms with Crippen LogP contribution >= 0.6 is 11.3 Å². The molecule has 0 radical (unpaired) electrons. The zero-order valence-corrected chi connectivity index (χ0v) is 30.2. The van der Waals surface area contributed by atoms with E-state index < -0.39 is 0 Å². The first-order chi connectivity index (χ1) is 23.6. The summed E-state index contributed by atoms with van der Waals surface area (Å²) >= 11 is 1.90. The smallest absolute Gasteiger partial charge is 0.0640 e. The molecule has 0 unspecified atom stereocenters. The van der Waals surface area contributed by atoms with E-state index in [9.17, 15) is 0 Å². The zero-order chi connectivity index (χ0) is 33.7.